The van der Waals surface area contributed by atoms with Crippen molar-refractivity contribution in [1.29, 1.82) is 0 Å². The fraction of sp³-hybridized carbons (Fsp3) is 0.609. The van der Waals surface area contributed by atoms with Gasteiger partial charge in [-0.25, -0.2) is 4.39 Å². The maximum atomic E-state index is 13.4. The summed E-state index contributed by atoms with van der Waals surface area (Å²) in [5, 5.41) is 15.9. The zero-order chi connectivity index (χ0) is 22.3. The minimum Gasteiger partial charge on any atom is -0.357 e. The van der Waals surface area contributed by atoms with Gasteiger partial charge in [-0.3, -0.25) is 4.99 Å². The van der Waals surface area contributed by atoms with Gasteiger partial charge in [-0.2, -0.15) is 0 Å². The van der Waals surface area contributed by atoms with Crippen molar-refractivity contribution >= 4 is 17.6 Å². The average molecular weight is 449 g/mol. The van der Waals surface area contributed by atoms with E-state index in [9.17, 15) is 4.39 Å². The van der Waals surface area contributed by atoms with E-state index in [2.05, 4.69) is 39.2 Å². The molecule has 0 spiro atoms. The van der Waals surface area contributed by atoms with E-state index in [0.29, 0.717) is 11.6 Å². The SMILES string of the molecule is CCNC(=NCC(C)(C)c1ccc(F)cc1Cl)NCCCc1nnc2n1CCCCC2. The number of nitrogens with zero attached hydrogens (tertiary/aromatic N) is 4. The molecule has 2 heterocycles. The zero-order valence-electron chi connectivity index (χ0n) is 18.8. The minimum absolute atomic E-state index is 0.313. The summed E-state index contributed by atoms with van der Waals surface area (Å²) in [6.07, 6.45) is 6.58. The normalized spacial score (nSPS) is 14.8. The number of fused-ring (bicyclic) bond motifs is 1. The second-order valence-electron chi connectivity index (χ2n) is 8.73. The fourth-order valence-electron chi connectivity index (χ4n) is 3.93. The van der Waals surface area contributed by atoms with Crippen LogP contribution in [-0.2, 0) is 24.8 Å². The molecular weight excluding hydrogens is 415 g/mol. The molecule has 0 saturated heterocycles. The Bertz CT molecular complexity index is 892. The maximum absolute atomic E-state index is 13.4. The summed E-state index contributed by atoms with van der Waals surface area (Å²) in [7, 11) is 0. The third-order valence-electron chi connectivity index (χ3n) is 5.69. The number of rotatable bonds is 8. The van der Waals surface area contributed by atoms with Crippen molar-refractivity contribution in [3.63, 3.8) is 0 Å². The molecule has 2 aromatic rings. The Kier molecular flexibility index (Phi) is 8.29. The molecule has 0 aliphatic carbocycles. The molecule has 31 heavy (non-hydrogen) atoms. The first-order valence-electron chi connectivity index (χ1n) is 11.3. The third-order valence-corrected chi connectivity index (χ3v) is 6.01. The number of hydrogen-bond acceptors (Lipinski definition) is 3. The predicted octanol–water partition coefficient (Wildman–Crippen LogP) is 4.26. The summed E-state index contributed by atoms with van der Waals surface area (Å²) >= 11 is 6.27. The Hall–Kier alpha value is -2.15. The average Bonchev–Trinajstić information content (AvgIpc) is 2.95. The summed E-state index contributed by atoms with van der Waals surface area (Å²) in [6, 6.07) is 4.55. The van der Waals surface area contributed by atoms with Crippen LogP contribution in [0.25, 0.3) is 0 Å². The van der Waals surface area contributed by atoms with Crippen molar-refractivity contribution < 1.29 is 4.39 Å². The van der Waals surface area contributed by atoms with Gasteiger partial charge in [0.2, 0.25) is 0 Å². The highest BCUT2D eigenvalue weighted by Crippen LogP contribution is 2.30. The minimum atomic E-state index is -0.326. The van der Waals surface area contributed by atoms with Crippen LogP contribution < -0.4 is 10.6 Å². The summed E-state index contributed by atoms with van der Waals surface area (Å²) in [6.45, 7) is 9.33. The van der Waals surface area contributed by atoms with Gasteiger partial charge in [0.15, 0.2) is 5.96 Å². The molecule has 6 nitrogen and oxygen atoms in total. The van der Waals surface area contributed by atoms with Crippen LogP contribution in [-0.4, -0.2) is 40.4 Å². The molecule has 2 N–H and O–H groups in total. The van der Waals surface area contributed by atoms with Crippen LogP contribution in [0.4, 0.5) is 4.39 Å². The number of hydrogen-bond donors (Lipinski definition) is 2. The van der Waals surface area contributed by atoms with E-state index in [1.165, 1.54) is 31.4 Å². The van der Waals surface area contributed by atoms with Crippen molar-refractivity contribution in [1.82, 2.24) is 25.4 Å². The number of guanidine groups is 1. The van der Waals surface area contributed by atoms with Crippen molar-refractivity contribution in [3.8, 4) is 0 Å². The van der Waals surface area contributed by atoms with Gasteiger partial charge in [-0.1, -0.05) is 37.9 Å². The molecular formula is C23H34ClFN6. The first-order chi connectivity index (χ1) is 14.9. The van der Waals surface area contributed by atoms with Gasteiger partial charge in [0, 0.05) is 42.9 Å². The summed E-state index contributed by atoms with van der Waals surface area (Å²) in [5.41, 5.74) is 0.578. The van der Waals surface area contributed by atoms with Crippen molar-refractivity contribution in [2.75, 3.05) is 19.6 Å². The topological polar surface area (TPSA) is 67.1 Å². The molecule has 0 fully saturated rings. The lowest BCUT2D eigenvalue weighted by atomic mass is 9.84. The third kappa shape index (κ3) is 6.42. The van der Waals surface area contributed by atoms with Gasteiger partial charge >= 0.3 is 0 Å². The molecule has 0 bridgehead atoms. The molecule has 0 saturated carbocycles. The second-order valence-corrected chi connectivity index (χ2v) is 9.14. The Balaban J connectivity index is 1.54. The molecule has 8 heteroatoms. The van der Waals surface area contributed by atoms with E-state index < -0.39 is 0 Å². The second kappa shape index (κ2) is 10.9. The van der Waals surface area contributed by atoms with Crippen LogP contribution in [0.5, 0.6) is 0 Å². The monoisotopic (exact) mass is 448 g/mol. The van der Waals surface area contributed by atoms with Crippen LogP contribution in [0.3, 0.4) is 0 Å². The number of nitrogens with one attached hydrogen (secondary N) is 2. The lowest BCUT2D eigenvalue weighted by Crippen LogP contribution is -2.39. The molecule has 0 radical (unpaired) electrons. The lowest BCUT2D eigenvalue weighted by Gasteiger charge is -2.25. The van der Waals surface area contributed by atoms with E-state index in [4.69, 9.17) is 16.6 Å². The van der Waals surface area contributed by atoms with Crippen LogP contribution in [0.1, 0.15) is 63.7 Å². The van der Waals surface area contributed by atoms with Crippen LogP contribution in [0.15, 0.2) is 23.2 Å². The predicted molar refractivity (Wildman–Crippen MR) is 124 cm³/mol. The molecule has 1 aliphatic heterocycles. The summed E-state index contributed by atoms with van der Waals surface area (Å²) in [5.74, 6) is 2.67. The number of halogens is 2. The molecule has 170 valence electrons. The number of benzene rings is 1. The summed E-state index contributed by atoms with van der Waals surface area (Å²) in [4.78, 5) is 4.75. The molecule has 0 amide bonds. The van der Waals surface area contributed by atoms with Crippen molar-refractivity contribution in [3.05, 3.63) is 46.3 Å². The molecule has 1 aromatic carbocycles. The van der Waals surface area contributed by atoms with Crippen LogP contribution in [0, 0.1) is 5.82 Å². The van der Waals surface area contributed by atoms with E-state index in [1.54, 1.807) is 6.07 Å². The van der Waals surface area contributed by atoms with Gasteiger partial charge < -0.3 is 15.2 Å². The maximum Gasteiger partial charge on any atom is 0.191 e. The zero-order valence-corrected chi connectivity index (χ0v) is 19.6. The quantitative estimate of drug-likeness (QED) is 0.359. The largest absolute Gasteiger partial charge is 0.357 e. The fourth-order valence-corrected chi connectivity index (χ4v) is 4.35. The highest BCUT2D eigenvalue weighted by atomic mass is 35.5. The van der Waals surface area contributed by atoms with Crippen LogP contribution in [0.2, 0.25) is 5.02 Å². The standard InChI is InChI=1S/C23H34ClFN6/c1-4-26-22(28-16-23(2,3)18-12-11-17(25)15-19(18)24)27-13-8-10-21-30-29-20-9-6-5-7-14-31(20)21/h11-12,15H,4-10,13-14,16H2,1-3H3,(H2,26,27,28). The molecule has 0 unspecified atom stereocenters. The van der Waals surface area contributed by atoms with Crippen molar-refractivity contribution in [2.24, 2.45) is 4.99 Å². The van der Waals surface area contributed by atoms with Gasteiger partial charge in [-0.15, -0.1) is 10.2 Å². The van der Waals surface area contributed by atoms with Gasteiger partial charge in [0.25, 0.3) is 0 Å². The van der Waals surface area contributed by atoms with Crippen molar-refractivity contribution in [2.45, 2.75) is 71.3 Å². The highest BCUT2D eigenvalue weighted by molar-refractivity contribution is 6.31. The Morgan fingerprint density at radius 1 is 1.23 bits per heavy atom. The Labute approximate surface area is 189 Å². The van der Waals surface area contributed by atoms with Gasteiger partial charge in [-0.05, 0) is 43.9 Å². The number of aryl methyl sites for hydroxylation is 2. The smallest absolute Gasteiger partial charge is 0.191 e. The van der Waals surface area contributed by atoms with E-state index in [-0.39, 0.29) is 11.2 Å². The number of aromatic nitrogens is 3. The summed E-state index contributed by atoms with van der Waals surface area (Å²) < 4.78 is 15.7. The van der Waals surface area contributed by atoms with Gasteiger partial charge in [0.1, 0.15) is 17.5 Å². The van der Waals surface area contributed by atoms with E-state index in [1.807, 2.05) is 6.92 Å². The van der Waals surface area contributed by atoms with E-state index in [0.717, 1.165) is 62.1 Å². The Morgan fingerprint density at radius 3 is 2.84 bits per heavy atom. The Morgan fingerprint density at radius 2 is 2.06 bits per heavy atom. The molecule has 1 aromatic heterocycles. The van der Waals surface area contributed by atoms with Crippen LogP contribution >= 0.6 is 11.6 Å². The molecule has 1 aliphatic rings. The lowest BCUT2D eigenvalue weighted by molar-refractivity contribution is 0.534. The first kappa shape index (κ1) is 23.5. The first-order valence-corrected chi connectivity index (χ1v) is 11.7. The van der Waals surface area contributed by atoms with E-state index >= 15 is 0 Å². The number of aliphatic imine (C=N–C) groups is 1. The highest BCUT2D eigenvalue weighted by Gasteiger charge is 2.23. The molecule has 3 rings (SSSR count). The van der Waals surface area contributed by atoms with Gasteiger partial charge in [0.05, 0.1) is 6.54 Å². The molecule has 0 atom stereocenters.